The first-order valence-corrected chi connectivity index (χ1v) is 5.46. The fraction of sp³-hybridized carbons (Fsp3) is 0.455. The van der Waals surface area contributed by atoms with Crippen LogP contribution in [0.25, 0.3) is 0 Å². The molecule has 1 aromatic carbocycles. The Bertz CT molecular complexity index is 336. The third-order valence-corrected chi connectivity index (χ3v) is 3.47. The first-order chi connectivity index (χ1) is 6.83. The Balaban J connectivity index is 1.86. The molecule has 2 saturated heterocycles. The smallest absolute Gasteiger partial charge is 0.0430 e. The Morgan fingerprint density at radius 1 is 1.29 bits per heavy atom. The quantitative estimate of drug-likeness (QED) is 0.759. The maximum Gasteiger partial charge on any atom is 0.0430 e. The molecule has 0 spiro atoms. The molecule has 2 fully saturated rings. The lowest BCUT2D eigenvalue weighted by Gasteiger charge is -2.29. The molecule has 3 rings (SSSR count). The molecule has 0 aromatic heterocycles. The normalized spacial score (nSPS) is 29.9. The third-order valence-electron chi connectivity index (χ3n) is 3.21. The topological polar surface area (TPSA) is 15.3 Å². The molecule has 0 aliphatic carbocycles. The molecule has 74 valence electrons. The lowest BCUT2D eigenvalue weighted by molar-refractivity contribution is 0.580. The summed E-state index contributed by atoms with van der Waals surface area (Å²) in [5.74, 6) is 0. The molecule has 2 atom stereocenters. The molecule has 2 bridgehead atoms. The van der Waals surface area contributed by atoms with E-state index in [1.165, 1.54) is 12.1 Å². The second kappa shape index (κ2) is 3.14. The van der Waals surface area contributed by atoms with Gasteiger partial charge in [-0.15, -0.1) is 0 Å². The van der Waals surface area contributed by atoms with Crippen LogP contribution in [0.4, 0.5) is 5.69 Å². The van der Waals surface area contributed by atoms with Gasteiger partial charge in [0.1, 0.15) is 0 Å². The molecular weight excluding hydrogens is 196 g/mol. The van der Waals surface area contributed by atoms with Crippen molar-refractivity contribution in [3.05, 3.63) is 29.3 Å². The minimum absolute atomic E-state index is 0.696. The predicted molar refractivity (Wildman–Crippen MR) is 59.0 cm³/mol. The van der Waals surface area contributed by atoms with E-state index in [-0.39, 0.29) is 0 Å². The maximum absolute atomic E-state index is 5.87. The fourth-order valence-electron chi connectivity index (χ4n) is 2.51. The fourth-order valence-corrected chi connectivity index (χ4v) is 2.64. The van der Waals surface area contributed by atoms with Crippen LogP contribution in [-0.4, -0.2) is 25.2 Å². The summed E-state index contributed by atoms with van der Waals surface area (Å²) in [7, 11) is 0. The second-order valence-electron chi connectivity index (χ2n) is 4.12. The van der Waals surface area contributed by atoms with Crippen molar-refractivity contribution < 1.29 is 0 Å². The van der Waals surface area contributed by atoms with Crippen LogP contribution < -0.4 is 10.2 Å². The summed E-state index contributed by atoms with van der Waals surface area (Å²) < 4.78 is 0. The van der Waals surface area contributed by atoms with Crippen molar-refractivity contribution in [2.75, 3.05) is 18.0 Å². The molecule has 0 amide bonds. The van der Waals surface area contributed by atoms with Gasteiger partial charge >= 0.3 is 0 Å². The number of hydrogen-bond donors (Lipinski definition) is 1. The Labute approximate surface area is 88.9 Å². The summed E-state index contributed by atoms with van der Waals surface area (Å²) in [5.41, 5.74) is 1.31. The van der Waals surface area contributed by atoms with E-state index in [1.54, 1.807) is 0 Å². The van der Waals surface area contributed by atoms with Crippen molar-refractivity contribution in [3.63, 3.8) is 0 Å². The van der Waals surface area contributed by atoms with E-state index in [9.17, 15) is 0 Å². The van der Waals surface area contributed by atoms with Crippen molar-refractivity contribution in [3.8, 4) is 0 Å². The summed E-state index contributed by atoms with van der Waals surface area (Å²) in [5, 5.41) is 4.32. The Morgan fingerprint density at radius 2 is 2.07 bits per heavy atom. The molecule has 3 heteroatoms. The van der Waals surface area contributed by atoms with Gasteiger partial charge in [0.25, 0.3) is 0 Å². The van der Waals surface area contributed by atoms with Crippen LogP contribution in [0, 0.1) is 0 Å². The Kier molecular flexibility index (Phi) is 1.92. The molecule has 0 saturated carbocycles. The van der Waals surface area contributed by atoms with E-state index < -0.39 is 0 Å². The van der Waals surface area contributed by atoms with Crippen LogP contribution in [0.3, 0.4) is 0 Å². The number of benzene rings is 1. The predicted octanol–water partition coefficient (Wildman–Crippen LogP) is 1.89. The zero-order chi connectivity index (χ0) is 9.54. The van der Waals surface area contributed by atoms with Gasteiger partial charge in [-0.25, -0.2) is 0 Å². The lowest BCUT2D eigenvalue weighted by Crippen LogP contribution is -2.43. The van der Waals surface area contributed by atoms with E-state index in [0.717, 1.165) is 18.1 Å². The summed E-state index contributed by atoms with van der Waals surface area (Å²) in [6.07, 6.45) is 1.29. The Morgan fingerprint density at radius 3 is 2.64 bits per heavy atom. The zero-order valence-electron chi connectivity index (χ0n) is 7.91. The number of fused-ring (bicyclic) bond motifs is 2. The van der Waals surface area contributed by atoms with Gasteiger partial charge in [-0.1, -0.05) is 11.6 Å². The van der Waals surface area contributed by atoms with Gasteiger partial charge in [0.15, 0.2) is 0 Å². The lowest BCUT2D eigenvalue weighted by atomic mass is 10.2. The van der Waals surface area contributed by atoms with E-state index >= 15 is 0 Å². The van der Waals surface area contributed by atoms with Gasteiger partial charge in [-0.2, -0.15) is 0 Å². The second-order valence-corrected chi connectivity index (χ2v) is 4.56. The summed E-state index contributed by atoms with van der Waals surface area (Å²) in [6.45, 7) is 2.28. The molecule has 0 radical (unpaired) electrons. The molecule has 1 N–H and O–H groups in total. The average molecular weight is 209 g/mol. The van der Waals surface area contributed by atoms with Gasteiger partial charge in [0.2, 0.25) is 0 Å². The highest BCUT2D eigenvalue weighted by molar-refractivity contribution is 6.30. The zero-order valence-corrected chi connectivity index (χ0v) is 8.67. The van der Waals surface area contributed by atoms with Gasteiger partial charge in [-0.3, -0.25) is 0 Å². The number of nitrogens with zero attached hydrogens (tertiary/aromatic N) is 1. The summed E-state index contributed by atoms with van der Waals surface area (Å²) in [4.78, 5) is 2.48. The Hall–Kier alpha value is -0.730. The van der Waals surface area contributed by atoms with Crippen molar-refractivity contribution in [1.82, 2.24) is 5.32 Å². The van der Waals surface area contributed by atoms with Gasteiger partial charge < -0.3 is 10.2 Å². The maximum atomic E-state index is 5.87. The van der Waals surface area contributed by atoms with Crippen molar-refractivity contribution in [2.24, 2.45) is 0 Å². The molecule has 2 heterocycles. The van der Waals surface area contributed by atoms with Crippen molar-refractivity contribution >= 4 is 17.3 Å². The number of anilines is 1. The van der Waals surface area contributed by atoms with Crippen LogP contribution in [0.5, 0.6) is 0 Å². The number of rotatable bonds is 1. The molecule has 14 heavy (non-hydrogen) atoms. The van der Waals surface area contributed by atoms with E-state index in [2.05, 4.69) is 22.3 Å². The van der Waals surface area contributed by atoms with Crippen LogP contribution in [0.15, 0.2) is 24.3 Å². The standard InChI is InChI=1S/C11H13ClN2/c12-8-1-3-10(4-2-8)14-7-9-5-11(14)6-13-9/h1-4,9,11,13H,5-7H2/t9-,11+/m1/s1. The number of nitrogens with one attached hydrogen (secondary N) is 1. The monoisotopic (exact) mass is 208 g/mol. The highest BCUT2D eigenvalue weighted by Gasteiger charge is 2.37. The van der Waals surface area contributed by atoms with Gasteiger partial charge in [0, 0.05) is 35.9 Å². The molecular formula is C11H13ClN2. The molecule has 2 aliphatic rings. The molecule has 0 unspecified atom stereocenters. The minimum Gasteiger partial charge on any atom is -0.366 e. The molecule has 1 aromatic rings. The summed E-state index contributed by atoms with van der Waals surface area (Å²) in [6, 6.07) is 9.57. The number of piperazine rings is 1. The van der Waals surface area contributed by atoms with E-state index in [1.807, 2.05) is 12.1 Å². The molecule has 2 nitrogen and oxygen atoms in total. The largest absolute Gasteiger partial charge is 0.366 e. The van der Waals surface area contributed by atoms with Gasteiger partial charge in [-0.05, 0) is 30.7 Å². The first-order valence-electron chi connectivity index (χ1n) is 5.08. The minimum atomic E-state index is 0.696. The highest BCUT2D eigenvalue weighted by Crippen LogP contribution is 2.29. The number of halogens is 1. The first kappa shape index (κ1) is 8.57. The third kappa shape index (κ3) is 1.30. The van der Waals surface area contributed by atoms with Crippen LogP contribution in [0.1, 0.15) is 6.42 Å². The van der Waals surface area contributed by atoms with Crippen LogP contribution >= 0.6 is 11.6 Å². The number of hydrogen-bond acceptors (Lipinski definition) is 2. The van der Waals surface area contributed by atoms with Gasteiger partial charge in [0.05, 0.1) is 0 Å². The SMILES string of the molecule is Clc1ccc(N2C[C@H]3C[C@H]2CN3)cc1. The summed E-state index contributed by atoms with van der Waals surface area (Å²) >= 11 is 5.87. The van der Waals surface area contributed by atoms with E-state index in [4.69, 9.17) is 11.6 Å². The van der Waals surface area contributed by atoms with Crippen molar-refractivity contribution in [1.29, 1.82) is 0 Å². The average Bonchev–Trinajstić information content (AvgIpc) is 2.80. The van der Waals surface area contributed by atoms with Crippen LogP contribution in [0.2, 0.25) is 5.02 Å². The highest BCUT2D eigenvalue weighted by atomic mass is 35.5. The van der Waals surface area contributed by atoms with Crippen LogP contribution in [-0.2, 0) is 0 Å². The molecule has 2 aliphatic heterocycles. The van der Waals surface area contributed by atoms with Crippen molar-refractivity contribution in [2.45, 2.75) is 18.5 Å². The van der Waals surface area contributed by atoms with E-state index in [0.29, 0.717) is 12.1 Å².